The number of hydrogen-bond donors (Lipinski definition) is 1. The van der Waals surface area contributed by atoms with E-state index in [0.29, 0.717) is 25.3 Å². The molecule has 0 unspecified atom stereocenters. The molecule has 1 fully saturated rings. The van der Waals surface area contributed by atoms with E-state index < -0.39 is 0 Å². The van der Waals surface area contributed by atoms with E-state index in [1.54, 1.807) is 6.20 Å². The second-order valence-corrected chi connectivity index (χ2v) is 5.45. The first kappa shape index (κ1) is 14.0. The van der Waals surface area contributed by atoms with Crippen molar-refractivity contribution in [3.05, 3.63) is 35.8 Å². The standard InChI is InChI=1S/C15H20N4O2/c1-12-2-3-19-11-13(16-14(19)10-12)15(21)18-6-4-17(5-7-18)8-9-20/h2-3,10-11,20H,4-9H2,1H3. The molecule has 0 aliphatic carbocycles. The Morgan fingerprint density at radius 2 is 2.10 bits per heavy atom. The largest absolute Gasteiger partial charge is 0.395 e. The van der Waals surface area contributed by atoms with Gasteiger partial charge in [0.25, 0.3) is 5.91 Å². The van der Waals surface area contributed by atoms with E-state index in [9.17, 15) is 4.79 Å². The summed E-state index contributed by atoms with van der Waals surface area (Å²) in [6.07, 6.45) is 3.71. The number of piperazine rings is 1. The Morgan fingerprint density at radius 1 is 1.33 bits per heavy atom. The van der Waals surface area contributed by atoms with Crippen LogP contribution in [-0.4, -0.2) is 69.5 Å². The van der Waals surface area contributed by atoms with Crippen molar-refractivity contribution in [3.8, 4) is 0 Å². The summed E-state index contributed by atoms with van der Waals surface area (Å²) in [7, 11) is 0. The molecule has 1 saturated heterocycles. The first-order valence-electron chi connectivity index (χ1n) is 7.25. The van der Waals surface area contributed by atoms with Gasteiger partial charge in [-0.1, -0.05) is 0 Å². The highest BCUT2D eigenvalue weighted by Gasteiger charge is 2.23. The summed E-state index contributed by atoms with van der Waals surface area (Å²) in [4.78, 5) is 20.9. The van der Waals surface area contributed by atoms with Crippen LogP contribution in [0.1, 0.15) is 16.1 Å². The van der Waals surface area contributed by atoms with E-state index in [2.05, 4.69) is 9.88 Å². The topological polar surface area (TPSA) is 61.1 Å². The van der Waals surface area contributed by atoms with Gasteiger partial charge in [0.15, 0.2) is 0 Å². The van der Waals surface area contributed by atoms with Crippen molar-refractivity contribution >= 4 is 11.6 Å². The fourth-order valence-electron chi connectivity index (χ4n) is 2.66. The van der Waals surface area contributed by atoms with Gasteiger partial charge in [-0.3, -0.25) is 9.69 Å². The van der Waals surface area contributed by atoms with E-state index in [0.717, 1.165) is 24.3 Å². The highest BCUT2D eigenvalue weighted by Crippen LogP contribution is 2.11. The average molecular weight is 288 g/mol. The van der Waals surface area contributed by atoms with Crippen molar-refractivity contribution in [2.45, 2.75) is 6.92 Å². The molecule has 1 amide bonds. The molecule has 1 aliphatic rings. The van der Waals surface area contributed by atoms with Crippen LogP contribution in [0.4, 0.5) is 0 Å². The van der Waals surface area contributed by atoms with E-state index in [-0.39, 0.29) is 12.5 Å². The van der Waals surface area contributed by atoms with Crippen LogP contribution < -0.4 is 0 Å². The van der Waals surface area contributed by atoms with Gasteiger partial charge in [0, 0.05) is 45.1 Å². The number of nitrogens with zero attached hydrogens (tertiary/aromatic N) is 4. The zero-order chi connectivity index (χ0) is 14.8. The van der Waals surface area contributed by atoms with Crippen molar-refractivity contribution in [3.63, 3.8) is 0 Å². The van der Waals surface area contributed by atoms with Gasteiger partial charge in [-0.05, 0) is 24.6 Å². The first-order valence-corrected chi connectivity index (χ1v) is 7.25. The number of aryl methyl sites for hydroxylation is 1. The lowest BCUT2D eigenvalue weighted by Gasteiger charge is -2.33. The van der Waals surface area contributed by atoms with E-state index >= 15 is 0 Å². The SMILES string of the molecule is Cc1ccn2cc(C(=O)N3CCN(CCO)CC3)nc2c1. The molecule has 21 heavy (non-hydrogen) atoms. The summed E-state index contributed by atoms with van der Waals surface area (Å²) < 4.78 is 1.88. The highest BCUT2D eigenvalue weighted by atomic mass is 16.3. The molecule has 1 aliphatic heterocycles. The van der Waals surface area contributed by atoms with Crippen LogP contribution in [0.5, 0.6) is 0 Å². The number of pyridine rings is 1. The number of aliphatic hydroxyl groups excluding tert-OH is 1. The number of hydrogen-bond acceptors (Lipinski definition) is 4. The maximum Gasteiger partial charge on any atom is 0.274 e. The Morgan fingerprint density at radius 3 is 2.81 bits per heavy atom. The number of rotatable bonds is 3. The summed E-state index contributed by atoms with van der Waals surface area (Å²) >= 11 is 0. The number of carbonyl (C=O) groups is 1. The van der Waals surface area contributed by atoms with Crippen LogP contribution in [-0.2, 0) is 0 Å². The lowest BCUT2D eigenvalue weighted by molar-refractivity contribution is 0.0610. The van der Waals surface area contributed by atoms with Crippen molar-refractivity contribution in [2.24, 2.45) is 0 Å². The van der Waals surface area contributed by atoms with Crippen molar-refractivity contribution in [1.29, 1.82) is 0 Å². The minimum Gasteiger partial charge on any atom is -0.395 e. The van der Waals surface area contributed by atoms with Gasteiger partial charge in [-0.15, -0.1) is 0 Å². The number of β-amino-alcohol motifs (C(OH)–C–C–N with tert-alkyl or cyclic N) is 1. The summed E-state index contributed by atoms with van der Waals surface area (Å²) in [6.45, 7) is 5.83. The normalized spacial score (nSPS) is 16.6. The smallest absolute Gasteiger partial charge is 0.274 e. The average Bonchev–Trinajstić information content (AvgIpc) is 2.90. The van der Waals surface area contributed by atoms with Crippen molar-refractivity contribution in [2.75, 3.05) is 39.3 Å². The Bertz CT molecular complexity index is 644. The molecule has 112 valence electrons. The number of imidazole rings is 1. The molecule has 3 rings (SSSR count). The van der Waals surface area contributed by atoms with E-state index in [4.69, 9.17) is 5.11 Å². The summed E-state index contributed by atoms with van der Waals surface area (Å²) in [5.41, 5.74) is 2.43. The maximum absolute atomic E-state index is 12.5. The van der Waals surface area contributed by atoms with Gasteiger partial charge < -0.3 is 14.4 Å². The monoisotopic (exact) mass is 288 g/mol. The number of carbonyl (C=O) groups excluding carboxylic acids is 1. The Balaban J connectivity index is 1.72. The Hall–Kier alpha value is -1.92. The van der Waals surface area contributed by atoms with Crippen molar-refractivity contribution < 1.29 is 9.90 Å². The minimum absolute atomic E-state index is 0.0139. The highest BCUT2D eigenvalue weighted by molar-refractivity contribution is 5.93. The van der Waals surface area contributed by atoms with Crippen LogP contribution in [0.25, 0.3) is 5.65 Å². The number of aromatic nitrogens is 2. The predicted octanol–water partition coefficient (Wildman–Crippen LogP) is 0.393. The third kappa shape index (κ3) is 2.91. The summed E-state index contributed by atoms with van der Waals surface area (Å²) in [5, 5.41) is 8.94. The second kappa shape index (κ2) is 5.83. The molecular formula is C15H20N4O2. The van der Waals surface area contributed by atoms with Crippen LogP contribution in [0.2, 0.25) is 0 Å². The van der Waals surface area contributed by atoms with Gasteiger partial charge in [-0.25, -0.2) is 4.98 Å². The van der Waals surface area contributed by atoms with Crippen LogP contribution in [0.15, 0.2) is 24.5 Å². The molecular weight excluding hydrogens is 268 g/mol. The van der Waals surface area contributed by atoms with Gasteiger partial charge >= 0.3 is 0 Å². The molecule has 0 saturated carbocycles. The fourth-order valence-corrected chi connectivity index (χ4v) is 2.66. The molecule has 6 heteroatoms. The molecule has 3 heterocycles. The molecule has 0 spiro atoms. The third-order valence-electron chi connectivity index (χ3n) is 3.91. The lowest BCUT2D eigenvalue weighted by atomic mass is 10.3. The number of amides is 1. The van der Waals surface area contributed by atoms with Crippen LogP contribution in [0.3, 0.4) is 0 Å². The third-order valence-corrected chi connectivity index (χ3v) is 3.91. The maximum atomic E-state index is 12.5. The molecule has 2 aromatic rings. The van der Waals surface area contributed by atoms with Gasteiger partial charge in [0.2, 0.25) is 0 Å². The molecule has 1 N–H and O–H groups in total. The molecule has 0 atom stereocenters. The zero-order valence-corrected chi connectivity index (χ0v) is 12.2. The van der Waals surface area contributed by atoms with Crippen LogP contribution in [0, 0.1) is 6.92 Å². The van der Waals surface area contributed by atoms with Gasteiger partial charge in [0.1, 0.15) is 11.3 Å². The van der Waals surface area contributed by atoms with Crippen molar-refractivity contribution in [1.82, 2.24) is 19.2 Å². The van der Waals surface area contributed by atoms with E-state index in [1.807, 2.05) is 34.6 Å². The quantitative estimate of drug-likeness (QED) is 0.888. The lowest BCUT2D eigenvalue weighted by Crippen LogP contribution is -2.49. The first-order chi connectivity index (χ1) is 10.2. The molecule has 6 nitrogen and oxygen atoms in total. The summed E-state index contributed by atoms with van der Waals surface area (Å²) in [5.74, 6) is -0.0139. The number of aliphatic hydroxyl groups is 1. The van der Waals surface area contributed by atoms with Gasteiger partial charge in [0.05, 0.1) is 6.61 Å². The second-order valence-electron chi connectivity index (χ2n) is 5.45. The predicted molar refractivity (Wildman–Crippen MR) is 79.4 cm³/mol. The van der Waals surface area contributed by atoms with Crippen LogP contribution >= 0.6 is 0 Å². The molecule has 0 radical (unpaired) electrons. The molecule has 2 aromatic heterocycles. The summed E-state index contributed by atoms with van der Waals surface area (Å²) in [6, 6.07) is 3.96. The molecule has 0 bridgehead atoms. The fraction of sp³-hybridized carbons (Fsp3) is 0.467. The Labute approximate surface area is 123 Å². The van der Waals surface area contributed by atoms with Gasteiger partial charge in [-0.2, -0.15) is 0 Å². The zero-order valence-electron chi connectivity index (χ0n) is 12.2. The molecule has 0 aromatic carbocycles. The van der Waals surface area contributed by atoms with E-state index in [1.165, 1.54) is 0 Å². The number of fused-ring (bicyclic) bond motifs is 1. The minimum atomic E-state index is -0.0139. The Kier molecular flexibility index (Phi) is 3.90.